The molecule has 0 fully saturated rings. The van der Waals surface area contributed by atoms with Crippen LogP contribution in [0, 0.1) is 0 Å². The number of hydroxylamine groups is 2. The third kappa shape index (κ3) is 4.01. The van der Waals surface area contributed by atoms with Crippen molar-refractivity contribution >= 4 is 33.9 Å². The molecule has 0 saturated carbocycles. The van der Waals surface area contributed by atoms with Crippen LogP contribution in [0.3, 0.4) is 0 Å². The summed E-state index contributed by atoms with van der Waals surface area (Å²) in [6, 6.07) is 19.8. The number of nitrogens with zero attached hydrogens (tertiary/aromatic N) is 2. The van der Waals surface area contributed by atoms with Gasteiger partial charge in [-0.2, -0.15) is 0 Å². The summed E-state index contributed by atoms with van der Waals surface area (Å²) in [6.45, 7) is -0.0263. The summed E-state index contributed by atoms with van der Waals surface area (Å²) < 4.78 is 0. The Morgan fingerprint density at radius 1 is 0.966 bits per heavy atom. The van der Waals surface area contributed by atoms with E-state index in [-0.39, 0.29) is 6.54 Å². The maximum absolute atomic E-state index is 12.6. The van der Waals surface area contributed by atoms with Crippen molar-refractivity contribution in [3.8, 4) is 10.6 Å². The molecular formula is C22H17N3O3S. The van der Waals surface area contributed by atoms with Gasteiger partial charge in [0.1, 0.15) is 5.01 Å². The highest BCUT2D eigenvalue weighted by atomic mass is 32.1. The lowest BCUT2D eigenvalue weighted by atomic mass is 10.0. The zero-order valence-corrected chi connectivity index (χ0v) is 16.1. The van der Waals surface area contributed by atoms with E-state index in [1.54, 1.807) is 36.4 Å². The number of carbonyl (C=O) groups is 2. The molecule has 29 heavy (non-hydrogen) atoms. The van der Waals surface area contributed by atoms with E-state index in [0.717, 1.165) is 16.0 Å². The van der Waals surface area contributed by atoms with E-state index in [1.165, 1.54) is 11.3 Å². The van der Waals surface area contributed by atoms with E-state index in [2.05, 4.69) is 4.98 Å². The van der Waals surface area contributed by atoms with Crippen LogP contribution in [0.2, 0.25) is 0 Å². The van der Waals surface area contributed by atoms with Crippen LogP contribution in [0.1, 0.15) is 26.4 Å². The average Bonchev–Trinajstić information content (AvgIpc) is 3.21. The summed E-state index contributed by atoms with van der Waals surface area (Å²) in [7, 11) is 0. The van der Waals surface area contributed by atoms with Crippen LogP contribution >= 0.6 is 11.3 Å². The molecule has 0 spiro atoms. The minimum Gasteiger partial charge on any atom is -0.366 e. The van der Waals surface area contributed by atoms with E-state index in [4.69, 9.17) is 5.73 Å². The van der Waals surface area contributed by atoms with Gasteiger partial charge >= 0.3 is 0 Å². The number of aromatic nitrogens is 1. The summed E-state index contributed by atoms with van der Waals surface area (Å²) in [4.78, 5) is 28.5. The number of amides is 2. The molecular weight excluding hydrogens is 386 g/mol. The third-order valence-corrected chi connectivity index (χ3v) is 5.43. The van der Waals surface area contributed by atoms with Gasteiger partial charge in [0.15, 0.2) is 0 Å². The van der Waals surface area contributed by atoms with E-state index >= 15 is 0 Å². The SMILES string of the molecule is NC(=O)c1ccc2ccc(C(=O)N(O)Cc3csc(-c4ccccc4)n3)cc2c1. The Morgan fingerprint density at radius 3 is 2.38 bits per heavy atom. The second-order valence-corrected chi connectivity index (χ2v) is 7.37. The first kappa shape index (κ1) is 18.8. The van der Waals surface area contributed by atoms with Crippen molar-refractivity contribution in [2.75, 3.05) is 0 Å². The quantitative estimate of drug-likeness (QED) is 0.387. The Hall–Kier alpha value is -3.55. The van der Waals surface area contributed by atoms with Crippen molar-refractivity contribution in [1.29, 1.82) is 0 Å². The highest BCUT2D eigenvalue weighted by Gasteiger charge is 2.17. The predicted molar refractivity (Wildman–Crippen MR) is 112 cm³/mol. The van der Waals surface area contributed by atoms with Gasteiger partial charge in [-0.25, -0.2) is 10.0 Å². The monoisotopic (exact) mass is 403 g/mol. The molecule has 2 amide bonds. The molecule has 0 aliphatic heterocycles. The van der Waals surface area contributed by atoms with Gasteiger partial charge in [0.25, 0.3) is 5.91 Å². The Bertz CT molecular complexity index is 1200. The van der Waals surface area contributed by atoms with Gasteiger partial charge in [0.2, 0.25) is 5.91 Å². The van der Waals surface area contributed by atoms with Gasteiger partial charge in [0, 0.05) is 22.1 Å². The van der Waals surface area contributed by atoms with Gasteiger partial charge in [-0.05, 0) is 35.0 Å². The number of rotatable bonds is 5. The standard InChI is InChI=1S/C22H17N3O3S/c23-20(26)16-8-6-14-7-9-17(11-18(14)10-16)22(27)25(28)12-19-13-29-21(24-19)15-4-2-1-3-5-15/h1-11,13,28H,12H2,(H2,23,26). The van der Waals surface area contributed by atoms with Gasteiger partial charge in [-0.3, -0.25) is 14.8 Å². The molecule has 0 bridgehead atoms. The first-order valence-corrected chi connectivity index (χ1v) is 9.73. The van der Waals surface area contributed by atoms with Crippen molar-refractivity contribution in [2.24, 2.45) is 5.73 Å². The molecule has 3 aromatic carbocycles. The minimum absolute atomic E-state index is 0.0263. The van der Waals surface area contributed by atoms with E-state index < -0.39 is 11.8 Å². The normalized spacial score (nSPS) is 10.8. The molecule has 0 atom stereocenters. The molecule has 1 aromatic heterocycles. The predicted octanol–water partition coefficient (Wildman–Crippen LogP) is 4.09. The van der Waals surface area contributed by atoms with E-state index in [9.17, 15) is 14.8 Å². The fourth-order valence-electron chi connectivity index (χ4n) is 3.00. The van der Waals surface area contributed by atoms with E-state index in [1.807, 2.05) is 35.7 Å². The number of hydrogen-bond donors (Lipinski definition) is 2. The van der Waals surface area contributed by atoms with Crippen LogP contribution in [-0.4, -0.2) is 27.1 Å². The smallest absolute Gasteiger partial charge is 0.277 e. The summed E-state index contributed by atoms with van der Waals surface area (Å²) in [5.41, 5.74) is 7.57. The zero-order chi connectivity index (χ0) is 20.4. The number of fused-ring (bicyclic) bond motifs is 1. The fourth-order valence-corrected chi connectivity index (χ4v) is 3.82. The Balaban J connectivity index is 1.53. The molecule has 144 valence electrons. The second-order valence-electron chi connectivity index (χ2n) is 6.51. The van der Waals surface area contributed by atoms with Crippen molar-refractivity contribution < 1.29 is 14.8 Å². The number of hydrogen-bond acceptors (Lipinski definition) is 5. The van der Waals surface area contributed by atoms with Crippen LogP contribution in [0.15, 0.2) is 72.1 Å². The summed E-state index contributed by atoms with van der Waals surface area (Å²) >= 11 is 1.45. The largest absolute Gasteiger partial charge is 0.366 e. The maximum atomic E-state index is 12.6. The summed E-state index contributed by atoms with van der Waals surface area (Å²) in [6.07, 6.45) is 0. The molecule has 0 unspecified atom stereocenters. The maximum Gasteiger partial charge on any atom is 0.277 e. The van der Waals surface area contributed by atoms with Gasteiger partial charge in [-0.1, -0.05) is 42.5 Å². The van der Waals surface area contributed by atoms with Crippen molar-refractivity contribution in [1.82, 2.24) is 10.0 Å². The summed E-state index contributed by atoms with van der Waals surface area (Å²) in [5, 5.41) is 15.1. The molecule has 3 N–H and O–H groups in total. The highest BCUT2D eigenvalue weighted by Crippen LogP contribution is 2.24. The number of primary amides is 1. The van der Waals surface area contributed by atoms with E-state index in [0.29, 0.717) is 27.3 Å². The number of carbonyl (C=O) groups excluding carboxylic acids is 2. The summed E-state index contributed by atoms with van der Waals surface area (Å²) in [5.74, 6) is -1.09. The van der Waals surface area contributed by atoms with Crippen LogP contribution in [-0.2, 0) is 6.54 Å². The molecule has 7 heteroatoms. The molecule has 4 rings (SSSR count). The topological polar surface area (TPSA) is 96.5 Å². The molecule has 6 nitrogen and oxygen atoms in total. The molecule has 0 aliphatic carbocycles. The molecule has 0 saturated heterocycles. The Morgan fingerprint density at radius 2 is 1.66 bits per heavy atom. The lowest BCUT2D eigenvalue weighted by molar-refractivity contribution is -0.0654. The lowest BCUT2D eigenvalue weighted by Gasteiger charge is -2.14. The molecule has 1 heterocycles. The molecule has 0 aliphatic rings. The van der Waals surface area contributed by atoms with Crippen LogP contribution in [0.5, 0.6) is 0 Å². The molecule has 0 radical (unpaired) electrons. The van der Waals surface area contributed by atoms with Crippen molar-refractivity contribution in [2.45, 2.75) is 6.54 Å². The van der Waals surface area contributed by atoms with Crippen LogP contribution in [0.4, 0.5) is 0 Å². The van der Waals surface area contributed by atoms with Crippen molar-refractivity contribution in [3.05, 3.63) is 88.9 Å². The van der Waals surface area contributed by atoms with Crippen LogP contribution < -0.4 is 5.73 Å². The number of nitrogens with two attached hydrogens (primary N) is 1. The first-order valence-electron chi connectivity index (χ1n) is 8.85. The van der Waals surface area contributed by atoms with Gasteiger partial charge < -0.3 is 5.73 Å². The fraction of sp³-hybridized carbons (Fsp3) is 0.0455. The minimum atomic E-state index is -0.550. The Labute approximate surface area is 170 Å². The first-order chi connectivity index (χ1) is 14.0. The number of thiazole rings is 1. The second kappa shape index (κ2) is 7.83. The molecule has 4 aromatic rings. The number of benzene rings is 3. The average molecular weight is 403 g/mol. The van der Waals surface area contributed by atoms with Crippen molar-refractivity contribution in [3.63, 3.8) is 0 Å². The van der Waals surface area contributed by atoms with Gasteiger partial charge in [0.05, 0.1) is 12.2 Å². The third-order valence-electron chi connectivity index (χ3n) is 4.49. The highest BCUT2D eigenvalue weighted by molar-refractivity contribution is 7.13. The van der Waals surface area contributed by atoms with Crippen LogP contribution in [0.25, 0.3) is 21.3 Å². The van der Waals surface area contributed by atoms with Gasteiger partial charge in [-0.15, -0.1) is 11.3 Å². The Kier molecular flexibility index (Phi) is 5.07. The lowest BCUT2D eigenvalue weighted by Crippen LogP contribution is -2.27. The zero-order valence-electron chi connectivity index (χ0n) is 15.3.